The first-order chi connectivity index (χ1) is 34.5. The van der Waals surface area contributed by atoms with Crippen LogP contribution in [0.1, 0.15) is 197 Å². The minimum absolute atomic E-state index is 0.173. The van der Waals surface area contributed by atoms with Gasteiger partial charge in [-0.15, -0.1) is 22.7 Å². The number of thiophene rings is 2. The zero-order valence-electron chi connectivity index (χ0n) is 43.5. The average molecular weight is 964 g/mol. The average Bonchev–Trinajstić information content (AvgIpc) is 4.18. The minimum atomic E-state index is -0.173. The summed E-state index contributed by atoms with van der Waals surface area (Å²) in [5.41, 5.74) is 20.5. The molecule has 0 saturated carbocycles. The van der Waals surface area contributed by atoms with Gasteiger partial charge in [0.25, 0.3) is 0 Å². The van der Waals surface area contributed by atoms with E-state index in [1.807, 2.05) is 22.7 Å². The van der Waals surface area contributed by atoms with Crippen molar-refractivity contribution in [2.75, 3.05) is 0 Å². The van der Waals surface area contributed by atoms with E-state index in [0.717, 1.165) is 25.7 Å². The van der Waals surface area contributed by atoms with Gasteiger partial charge in [0, 0.05) is 20.6 Å². The fraction of sp³-hybridized carbons (Fsp3) is 0.441. The van der Waals surface area contributed by atoms with Crippen molar-refractivity contribution in [1.29, 1.82) is 0 Å². The molecule has 366 valence electrons. The summed E-state index contributed by atoms with van der Waals surface area (Å²) in [5, 5.41) is 4.79. The molecule has 0 aliphatic heterocycles. The Morgan fingerprint density at radius 2 is 0.543 bits per heavy atom. The Morgan fingerprint density at radius 1 is 0.286 bits per heavy atom. The molecule has 9 rings (SSSR count). The molecule has 2 heteroatoms. The third-order valence-electron chi connectivity index (χ3n) is 16.4. The summed E-state index contributed by atoms with van der Waals surface area (Å²) in [4.78, 5) is 2.98. The molecule has 70 heavy (non-hydrogen) atoms. The van der Waals surface area contributed by atoms with E-state index in [0.29, 0.717) is 0 Å². The summed E-state index contributed by atoms with van der Waals surface area (Å²) < 4.78 is 0. The fourth-order valence-corrected chi connectivity index (χ4v) is 14.5. The maximum absolute atomic E-state index is 2.73. The van der Waals surface area contributed by atoms with E-state index in [-0.39, 0.29) is 10.8 Å². The van der Waals surface area contributed by atoms with Crippen LogP contribution in [0.25, 0.3) is 20.9 Å². The first-order valence-corrected chi connectivity index (χ1v) is 29.9. The Hall–Kier alpha value is -4.50. The van der Waals surface area contributed by atoms with Crippen molar-refractivity contribution in [2.45, 2.75) is 193 Å². The molecule has 0 bridgehead atoms. The zero-order valence-corrected chi connectivity index (χ0v) is 45.1. The molecule has 0 unspecified atom stereocenters. The van der Waals surface area contributed by atoms with Crippen LogP contribution in [0.3, 0.4) is 0 Å². The number of unbranched alkanes of at least 4 members (excludes halogenated alkanes) is 12. The summed E-state index contributed by atoms with van der Waals surface area (Å²) in [6.45, 7) is 9.23. The van der Waals surface area contributed by atoms with Crippen molar-refractivity contribution >= 4 is 22.7 Å². The Kier molecular flexibility index (Phi) is 17.5. The molecule has 2 aliphatic rings. The van der Waals surface area contributed by atoms with Gasteiger partial charge < -0.3 is 0 Å². The molecule has 2 heterocycles. The molecule has 0 amide bonds. The van der Waals surface area contributed by atoms with E-state index in [9.17, 15) is 0 Å². The van der Waals surface area contributed by atoms with Crippen LogP contribution in [-0.2, 0) is 62.2 Å². The number of hydrogen-bond donors (Lipinski definition) is 0. The van der Waals surface area contributed by atoms with Crippen molar-refractivity contribution < 1.29 is 0 Å². The van der Waals surface area contributed by atoms with Crippen LogP contribution in [0.5, 0.6) is 0 Å². The predicted octanol–water partition coefficient (Wildman–Crippen LogP) is 19.8. The highest BCUT2D eigenvalue weighted by Crippen LogP contribution is 2.61. The maximum atomic E-state index is 2.73. The normalized spacial score (nSPS) is 13.9. The van der Waals surface area contributed by atoms with Gasteiger partial charge in [0.1, 0.15) is 0 Å². The summed E-state index contributed by atoms with van der Waals surface area (Å²) in [7, 11) is 0. The van der Waals surface area contributed by atoms with Crippen LogP contribution >= 0.6 is 22.7 Å². The van der Waals surface area contributed by atoms with Crippen molar-refractivity contribution in [1.82, 2.24) is 0 Å². The first-order valence-electron chi connectivity index (χ1n) is 28.1. The Bertz CT molecular complexity index is 2380. The minimum Gasteiger partial charge on any atom is -0.143 e. The molecule has 0 atom stereocenters. The summed E-state index contributed by atoms with van der Waals surface area (Å²) in [5.74, 6) is 0. The van der Waals surface area contributed by atoms with Crippen LogP contribution in [0.4, 0.5) is 0 Å². The number of benzene rings is 5. The molecular formula is C68H82S2. The van der Waals surface area contributed by atoms with E-state index in [1.54, 1.807) is 0 Å². The molecule has 2 aromatic heterocycles. The maximum Gasteiger partial charge on any atom is 0.0387 e. The van der Waals surface area contributed by atoms with Gasteiger partial charge in [0.2, 0.25) is 0 Å². The molecule has 0 saturated heterocycles. The van der Waals surface area contributed by atoms with Crippen molar-refractivity contribution in [3.8, 4) is 20.9 Å². The van der Waals surface area contributed by atoms with Crippen LogP contribution in [0.15, 0.2) is 132 Å². The number of aryl methyl sites for hydroxylation is 4. The topological polar surface area (TPSA) is 0 Å². The SMILES string of the molecule is CCCCCCc1ccc(CC2(Cc3ccc(CCCCCC)cc3)c3cc4c(cc3-c3sccc32)C(Cc2ccc(CCCCCC)cc2)(Cc2ccc(CCCCCC)cc2)c2ccsc2-4)cc1. The molecule has 0 spiro atoms. The first kappa shape index (κ1) is 50.4. The largest absolute Gasteiger partial charge is 0.143 e. The fourth-order valence-electron chi connectivity index (χ4n) is 12.4. The van der Waals surface area contributed by atoms with Gasteiger partial charge in [-0.3, -0.25) is 0 Å². The summed E-state index contributed by atoms with van der Waals surface area (Å²) in [6, 6.07) is 49.8. The summed E-state index contributed by atoms with van der Waals surface area (Å²) in [6.07, 6.45) is 29.6. The van der Waals surface area contributed by atoms with Crippen LogP contribution in [0, 0.1) is 0 Å². The van der Waals surface area contributed by atoms with Crippen LogP contribution in [0.2, 0.25) is 0 Å². The molecule has 2 aliphatic carbocycles. The summed E-state index contributed by atoms with van der Waals surface area (Å²) >= 11 is 3.95. The van der Waals surface area contributed by atoms with Gasteiger partial charge in [-0.1, -0.05) is 202 Å². The molecular weight excluding hydrogens is 881 g/mol. The van der Waals surface area contributed by atoms with Gasteiger partial charge in [0.05, 0.1) is 0 Å². The van der Waals surface area contributed by atoms with Gasteiger partial charge in [-0.2, -0.15) is 0 Å². The Labute approximate surface area is 432 Å². The van der Waals surface area contributed by atoms with E-state index in [4.69, 9.17) is 0 Å². The molecule has 0 nitrogen and oxygen atoms in total. The zero-order chi connectivity index (χ0) is 48.2. The van der Waals surface area contributed by atoms with Gasteiger partial charge in [-0.25, -0.2) is 0 Å². The highest BCUT2D eigenvalue weighted by atomic mass is 32.1. The van der Waals surface area contributed by atoms with Crippen molar-refractivity contribution in [3.63, 3.8) is 0 Å². The predicted molar refractivity (Wildman–Crippen MR) is 307 cm³/mol. The second-order valence-electron chi connectivity index (χ2n) is 21.7. The lowest BCUT2D eigenvalue weighted by atomic mass is 9.67. The van der Waals surface area contributed by atoms with Gasteiger partial charge >= 0.3 is 0 Å². The highest BCUT2D eigenvalue weighted by molar-refractivity contribution is 7.14. The second kappa shape index (κ2) is 24.3. The smallest absolute Gasteiger partial charge is 0.0387 e. The van der Waals surface area contributed by atoms with Crippen LogP contribution in [-0.4, -0.2) is 0 Å². The number of fused-ring (bicyclic) bond motifs is 6. The third kappa shape index (κ3) is 11.4. The highest BCUT2D eigenvalue weighted by Gasteiger charge is 2.49. The number of hydrogen-bond acceptors (Lipinski definition) is 2. The second-order valence-corrected chi connectivity index (χ2v) is 23.5. The van der Waals surface area contributed by atoms with Crippen molar-refractivity contribution in [3.05, 3.63) is 199 Å². The third-order valence-corrected chi connectivity index (χ3v) is 18.3. The monoisotopic (exact) mass is 963 g/mol. The molecule has 0 fully saturated rings. The Balaban J connectivity index is 1.13. The van der Waals surface area contributed by atoms with Gasteiger partial charge in [0.15, 0.2) is 0 Å². The number of rotatable bonds is 28. The molecule has 0 N–H and O–H groups in total. The van der Waals surface area contributed by atoms with E-state index in [2.05, 4.69) is 160 Å². The van der Waals surface area contributed by atoms with E-state index < -0.39 is 0 Å². The van der Waals surface area contributed by atoms with Crippen LogP contribution < -0.4 is 0 Å². The lowest BCUT2D eigenvalue weighted by molar-refractivity contribution is 0.514. The van der Waals surface area contributed by atoms with Gasteiger partial charge in [-0.05, 0) is 190 Å². The quantitative estimate of drug-likeness (QED) is 0.0429. The van der Waals surface area contributed by atoms with E-state index in [1.165, 1.54) is 216 Å². The van der Waals surface area contributed by atoms with E-state index >= 15 is 0 Å². The Morgan fingerprint density at radius 3 is 0.800 bits per heavy atom. The molecule has 5 aromatic carbocycles. The molecule has 0 radical (unpaired) electrons. The molecule has 7 aromatic rings. The lowest BCUT2D eigenvalue weighted by Crippen LogP contribution is -2.32. The lowest BCUT2D eigenvalue weighted by Gasteiger charge is -2.35. The standard InChI is InChI=1S/C68H82S2/c1-5-9-13-17-21-51-25-33-55(34-26-51)47-67(48-56-35-27-52(28-36-56)22-18-14-10-6-2)61-41-43-69-65(61)59-46-64-60(45-63(59)67)66-62(42-44-70-66)68(64,49-57-37-29-53(30-38-57)23-19-15-11-7-3)50-58-39-31-54(32-40-58)24-20-16-12-8-4/h25-46H,5-24,47-50H2,1-4H3. The van der Waals surface area contributed by atoms with Crippen molar-refractivity contribution in [2.24, 2.45) is 0 Å².